The Morgan fingerprint density at radius 2 is 1.81 bits per heavy atom. The molecule has 2 N–H and O–H groups in total. The number of hydrogen-bond donors (Lipinski definition) is 2. The normalized spacial score (nSPS) is 16.4. The molecular weight excluding hydrogens is 362 g/mol. The van der Waals surface area contributed by atoms with Gasteiger partial charge in [-0.3, -0.25) is 0 Å². The van der Waals surface area contributed by atoms with E-state index >= 15 is 0 Å². The average Bonchev–Trinajstić information content (AvgIpc) is 2.67. The minimum Gasteiger partial charge on any atom is -0.479 e. The van der Waals surface area contributed by atoms with Crippen LogP contribution in [-0.4, -0.2) is 35.4 Å². The summed E-state index contributed by atoms with van der Waals surface area (Å²) in [7, 11) is 0. The number of halogens is 1. The molecule has 1 atom stereocenters. The molecule has 1 saturated carbocycles. The van der Waals surface area contributed by atoms with Crippen molar-refractivity contribution in [3.05, 3.63) is 29.3 Å². The van der Waals surface area contributed by atoms with Gasteiger partial charge in [0.2, 0.25) is 0 Å². The molecule has 0 aliphatic heterocycles. The van der Waals surface area contributed by atoms with Gasteiger partial charge in [0, 0.05) is 36.2 Å². The van der Waals surface area contributed by atoms with Crippen LogP contribution in [0.15, 0.2) is 18.2 Å². The van der Waals surface area contributed by atoms with E-state index in [1.54, 1.807) is 0 Å². The van der Waals surface area contributed by atoms with E-state index in [4.69, 9.17) is 0 Å². The van der Waals surface area contributed by atoms with Gasteiger partial charge in [-0.25, -0.2) is 4.79 Å². The summed E-state index contributed by atoms with van der Waals surface area (Å²) in [4.78, 5) is 13.9. The van der Waals surface area contributed by atoms with Gasteiger partial charge in [-0.15, -0.1) is 12.4 Å². The first kappa shape index (κ1) is 23.3. The molecule has 1 aromatic carbocycles. The molecule has 0 heterocycles. The van der Waals surface area contributed by atoms with E-state index in [9.17, 15) is 15.0 Å². The predicted octanol–water partition coefficient (Wildman–Crippen LogP) is 4.36. The quantitative estimate of drug-likeness (QED) is 0.705. The van der Waals surface area contributed by atoms with Crippen molar-refractivity contribution in [3.63, 3.8) is 0 Å². The molecule has 150 valence electrons. The Balaban J connectivity index is 0.00000364. The van der Waals surface area contributed by atoms with Crippen LogP contribution in [0.2, 0.25) is 0 Å². The van der Waals surface area contributed by atoms with Crippen molar-refractivity contribution in [2.75, 3.05) is 18.0 Å². The smallest absolute Gasteiger partial charge is 0.333 e. The molecule has 0 aromatic heterocycles. The second kappa shape index (κ2) is 10.6. The molecule has 1 aliphatic carbocycles. The number of carboxylic acids is 1. The van der Waals surface area contributed by atoms with Gasteiger partial charge in [-0.05, 0) is 44.4 Å². The van der Waals surface area contributed by atoms with Crippen molar-refractivity contribution in [1.29, 1.82) is 0 Å². The highest BCUT2D eigenvalue weighted by molar-refractivity contribution is 5.85. The molecule has 0 radical (unpaired) electrons. The Morgan fingerprint density at radius 1 is 1.19 bits per heavy atom. The lowest BCUT2D eigenvalue weighted by molar-refractivity contribution is -0.152. The maximum atomic E-state index is 11.7. The van der Waals surface area contributed by atoms with Gasteiger partial charge in [0.1, 0.15) is 0 Å². The molecule has 5 heteroatoms. The zero-order valence-electron chi connectivity index (χ0n) is 16.6. The summed E-state index contributed by atoms with van der Waals surface area (Å²) < 4.78 is 0. The van der Waals surface area contributed by atoms with Crippen molar-refractivity contribution >= 4 is 24.1 Å². The highest BCUT2D eigenvalue weighted by Crippen LogP contribution is 2.44. The number of aliphatic hydroxyl groups is 1. The Labute approximate surface area is 169 Å². The fourth-order valence-corrected chi connectivity index (χ4v) is 4.15. The topological polar surface area (TPSA) is 60.8 Å². The maximum Gasteiger partial charge on any atom is 0.333 e. The molecular formula is C22H32ClNO3. The number of carbonyl (C=O) groups is 1. The third-order valence-corrected chi connectivity index (χ3v) is 5.57. The SMILES string of the molecule is CCC#Cc1cc(N(CC)CC)ccc1C1(C(O)C(=O)O)CCCCC1.Cl. The zero-order valence-corrected chi connectivity index (χ0v) is 17.4. The summed E-state index contributed by atoms with van der Waals surface area (Å²) in [6.45, 7) is 8.04. The van der Waals surface area contributed by atoms with Crippen molar-refractivity contribution in [1.82, 2.24) is 0 Å². The first-order valence-electron chi connectivity index (χ1n) is 9.79. The molecule has 27 heavy (non-hydrogen) atoms. The van der Waals surface area contributed by atoms with Crippen LogP contribution >= 0.6 is 12.4 Å². The Kier molecular flexibility index (Phi) is 9.15. The van der Waals surface area contributed by atoms with Gasteiger partial charge in [0.05, 0.1) is 0 Å². The lowest BCUT2D eigenvalue weighted by Gasteiger charge is -2.40. The molecule has 2 rings (SSSR count). The van der Waals surface area contributed by atoms with Crippen LogP contribution in [0.4, 0.5) is 5.69 Å². The molecule has 0 amide bonds. The number of aliphatic carboxylic acids is 1. The molecule has 1 aromatic rings. The van der Waals surface area contributed by atoms with Gasteiger partial charge in [-0.1, -0.05) is 44.1 Å². The maximum absolute atomic E-state index is 11.7. The molecule has 1 aliphatic rings. The number of rotatable bonds is 6. The Bertz CT molecular complexity index is 683. The van der Waals surface area contributed by atoms with E-state index in [2.05, 4.69) is 36.7 Å². The minimum absolute atomic E-state index is 0. The van der Waals surface area contributed by atoms with Crippen LogP contribution in [0, 0.1) is 11.8 Å². The van der Waals surface area contributed by atoms with E-state index in [0.29, 0.717) is 12.8 Å². The van der Waals surface area contributed by atoms with Crippen LogP contribution in [0.5, 0.6) is 0 Å². The fourth-order valence-electron chi connectivity index (χ4n) is 4.15. The Hall–Kier alpha value is -1.70. The number of nitrogens with zero attached hydrogens (tertiary/aromatic N) is 1. The van der Waals surface area contributed by atoms with E-state index in [1.807, 2.05) is 19.1 Å². The van der Waals surface area contributed by atoms with Crippen LogP contribution in [-0.2, 0) is 10.2 Å². The summed E-state index contributed by atoms with van der Waals surface area (Å²) in [6, 6.07) is 6.12. The fraction of sp³-hybridized carbons (Fsp3) is 0.591. The number of aliphatic hydroxyl groups excluding tert-OH is 1. The first-order valence-corrected chi connectivity index (χ1v) is 9.79. The summed E-state index contributed by atoms with van der Waals surface area (Å²) in [5.74, 6) is 5.23. The van der Waals surface area contributed by atoms with Crippen LogP contribution in [0.1, 0.15) is 70.4 Å². The number of benzene rings is 1. The monoisotopic (exact) mass is 393 g/mol. The summed E-state index contributed by atoms with van der Waals surface area (Å²) >= 11 is 0. The average molecular weight is 394 g/mol. The van der Waals surface area contributed by atoms with E-state index < -0.39 is 17.5 Å². The van der Waals surface area contributed by atoms with Crippen molar-refractivity contribution in [3.8, 4) is 11.8 Å². The standard InChI is InChI=1S/C22H31NO3.ClH/c1-4-7-11-17-16-18(23(5-2)6-3)12-13-19(17)22(20(24)21(25)26)14-9-8-10-15-22;/h12-13,16,20,24H,4-6,8-10,14-15H2,1-3H3,(H,25,26);1H. The first-order chi connectivity index (χ1) is 12.5. The van der Waals surface area contributed by atoms with Gasteiger partial charge in [0.25, 0.3) is 0 Å². The summed E-state index contributed by atoms with van der Waals surface area (Å²) in [5.41, 5.74) is 2.10. The number of carboxylic acid groups (broad SMARTS) is 1. The summed E-state index contributed by atoms with van der Waals surface area (Å²) in [6.07, 6.45) is 3.67. The number of hydrogen-bond acceptors (Lipinski definition) is 3. The van der Waals surface area contributed by atoms with Crippen LogP contribution in [0.3, 0.4) is 0 Å². The zero-order chi connectivity index (χ0) is 19.2. The predicted molar refractivity (Wildman–Crippen MR) is 113 cm³/mol. The van der Waals surface area contributed by atoms with E-state index in [1.165, 1.54) is 0 Å². The lowest BCUT2D eigenvalue weighted by Crippen LogP contribution is -2.46. The van der Waals surface area contributed by atoms with Gasteiger partial charge >= 0.3 is 5.97 Å². The van der Waals surface area contributed by atoms with Gasteiger partial charge < -0.3 is 15.1 Å². The lowest BCUT2D eigenvalue weighted by atomic mass is 9.64. The third kappa shape index (κ3) is 4.97. The Morgan fingerprint density at radius 3 is 2.33 bits per heavy atom. The molecule has 1 fully saturated rings. The minimum atomic E-state index is -1.40. The van der Waals surface area contributed by atoms with Crippen molar-refractivity contribution in [2.24, 2.45) is 0 Å². The largest absolute Gasteiger partial charge is 0.479 e. The highest BCUT2D eigenvalue weighted by Gasteiger charge is 2.45. The molecule has 4 nitrogen and oxygen atoms in total. The van der Waals surface area contributed by atoms with Crippen molar-refractivity contribution in [2.45, 2.75) is 70.8 Å². The van der Waals surface area contributed by atoms with Crippen LogP contribution in [0.25, 0.3) is 0 Å². The molecule has 0 saturated heterocycles. The molecule has 1 unspecified atom stereocenters. The van der Waals surface area contributed by atoms with Gasteiger partial charge in [-0.2, -0.15) is 0 Å². The molecule has 0 spiro atoms. The second-order valence-electron chi connectivity index (χ2n) is 7.02. The van der Waals surface area contributed by atoms with Crippen molar-refractivity contribution < 1.29 is 15.0 Å². The third-order valence-electron chi connectivity index (χ3n) is 5.57. The van der Waals surface area contributed by atoms with E-state index in [0.717, 1.165) is 55.6 Å². The summed E-state index contributed by atoms with van der Waals surface area (Å²) in [5, 5.41) is 20.2. The van der Waals surface area contributed by atoms with Crippen LogP contribution < -0.4 is 4.90 Å². The highest BCUT2D eigenvalue weighted by atomic mass is 35.5. The van der Waals surface area contributed by atoms with E-state index in [-0.39, 0.29) is 12.4 Å². The molecule has 0 bridgehead atoms. The second-order valence-corrected chi connectivity index (χ2v) is 7.02. The number of anilines is 1. The van der Waals surface area contributed by atoms with Gasteiger partial charge in [0.15, 0.2) is 6.10 Å².